The Kier molecular flexibility index (Phi) is 3.60. The van der Waals surface area contributed by atoms with Gasteiger partial charge in [0.25, 0.3) is 0 Å². The Bertz CT molecular complexity index is 101. The molecule has 3 heteroatoms. The summed E-state index contributed by atoms with van der Waals surface area (Å²) in [6, 6.07) is 0. The van der Waals surface area contributed by atoms with Crippen LogP contribution in [0, 0.1) is 0 Å². The van der Waals surface area contributed by atoms with Crippen LogP contribution in [0.5, 0.6) is 0 Å². The van der Waals surface area contributed by atoms with Crippen molar-refractivity contribution in [2.24, 2.45) is 0 Å². The number of hydrogen-bond donors (Lipinski definition) is 1. The first kappa shape index (κ1) is 8.40. The van der Waals surface area contributed by atoms with Gasteiger partial charge in [-0.3, -0.25) is 0 Å². The molecule has 48 valence electrons. The van der Waals surface area contributed by atoms with E-state index in [4.69, 9.17) is 0 Å². The highest BCUT2D eigenvalue weighted by Gasteiger charge is 2.07. The van der Waals surface area contributed by atoms with Crippen molar-refractivity contribution in [3.05, 3.63) is 11.0 Å². The van der Waals surface area contributed by atoms with E-state index in [1.54, 1.807) is 0 Å². The standard InChI is InChI=1S/C5H8S2.H3N/c1-4-3-5(2)7-6-4;/h3-4H,1-2H3;1H3. The number of rotatable bonds is 0. The summed E-state index contributed by atoms with van der Waals surface area (Å²) in [5.74, 6) is 0. The molecule has 0 saturated heterocycles. The summed E-state index contributed by atoms with van der Waals surface area (Å²) < 4.78 is 0. The molecule has 0 aliphatic carbocycles. The van der Waals surface area contributed by atoms with Gasteiger partial charge in [-0.2, -0.15) is 0 Å². The van der Waals surface area contributed by atoms with Gasteiger partial charge in [-0.25, -0.2) is 0 Å². The summed E-state index contributed by atoms with van der Waals surface area (Å²) in [6.07, 6.45) is 2.29. The quantitative estimate of drug-likeness (QED) is 0.538. The fourth-order valence-electron chi connectivity index (χ4n) is 0.538. The maximum atomic E-state index is 2.29. The second kappa shape index (κ2) is 3.43. The molecule has 1 unspecified atom stereocenters. The molecule has 0 aromatic heterocycles. The summed E-state index contributed by atoms with van der Waals surface area (Å²) in [5, 5.41) is 0.741. The average molecular weight is 149 g/mol. The molecule has 0 aromatic rings. The van der Waals surface area contributed by atoms with E-state index < -0.39 is 0 Å². The molecule has 1 heterocycles. The Morgan fingerprint density at radius 3 is 2.38 bits per heavy atom. The number of hydrogen-bond acceptors (Lipinski definition) is 3. The summed E-state index contributed by atoms with van der Waals surface area (Å²) in [6.45, 7) is 4.37. The fourth-order valence-corrected chi connectivity index (χ4v) is 2.69. The van der Waals surface area contributed by atoms with Crippen molar-refractivity contribution in [3.8, 4) is 0 Å². The lowest BCUT2D eigenvalue weighted by Gasteiger charge is -1.88. The van der Waals surface area contributed by atoms with E-state index >= 15 is 0 Å². The Hall–Kier alpha value is 0.400. The first-order valence-electron chi connectivity index (χ1n) is 2.31. The zero-order valence-corrected chi connectivity index (χ0v) is 6.81. The maximum absolute atomic E-state index is 2.29. The van der Waals surface area contributed by atoms with Gasteiger partial charge in [-0.15, -0.1) is 0 Å². The zero-order valence-electron chi connectivity index (χ0n) is 5.18. The van der Waals surface area contributed by atoms with Crippen molar-refractivity contribution in [2.45, 2.75) is 19.1 Å². The van der Waals surface area contributed by atoms with E-state index in [1.165, 1.54) is 4.91 Å². The molecule has 3 N–H and O–H groups in total. The lowest BCUT2D eigenvalue weighted by molar-refractivity contribution is 1.25. The van der Waals surface area contributed by atoms with Crippen LogP contribution in [0.1, 0.15) is 13.8 Å². The highest BCUT2D eigenvalue weighted by molar-refractivity contribution is 8.78. The minimum Gasteiger partial charge on any atom is -0.344 e. The molecular weight excluding hydrogens is 138 g/mol. The highest BCUT2D eigenvalue weighted by atomic mass is 33.1. The van der Waals surface area contributed by atoms with Crippen LogP contribution in [0.15, 0.2) is 11.0 Å². The first-order chi connectivity index (χ1) is 3.29. The van der Waals surface area contributed by atoms with E-state index in [2.05, 4.69) is 19.9 Å². The molecule has 1 atom stereocenters. The van der Waals surface area contributed by atoms with Crippen molar-refractivity contribution in [1.82, 2.24) is 6.15 Å². The predicted molar refractivity (Wildman–Crippen MR) is 43.4 cm³/mol. The van der Waals surface area contributed by atoms with Crippen molar-refractivity contribution in [3.63, 3.8) is 0 Å². The molecule has 0 fully saturated rings. The molecule has 0 bridgehead atoms. The smallest absolute Gasteiger partial charge is 0.0316 e. The Labute approximate surface area is 58.3 Å². The second-order valence-corrected chi connectivity index (χ2v) is 4.49. The van der Waals surface area contributed by atoms with Gasteiger partial charge in [0, 0.05) is 5.25 Å². The van der Waals surface area contributed by atoms with Crippen molar-refractivity contribution in [2.75, 3.05) is 0 Å². The van der Waals surface area contributed by atoms with Crippen LogP contribution < -0.4 is 6.15 Å². The minimum atomic E-state index is 0. The van der Waals surface area contributed by atoms with E-state index in [-0.39, 0.29) is 6.15 Å². The van der Waals surface area contributed by atoms with E-state index in [0.29, 0.717) is 0 Å². The van der Waals surface area contributed by atoms with Gasteiger partial charge in [0.2, 0.25) is 0 Å². The van der Waals surface area contributed by atoms with Gasteiger partial charge < -0.3 is 6.15 Å². The maximum Gasteiger partial charge on any atom is 0.0316 e. The van der Waals surface area contributed by atoms with Crippen molar-refractivity contribution in [1.29, 1.82) is 0 Å². The third kappa shape index (κ3) is 2.11. The summed E-state index contributed by atoms with van der Waals surface area (Å²) in [5.41, 5.74) is 0. The molecular formula is C5H11NS2. The molecule has 1 aliphatic heterocycles. The van der Waals surface area contributed by atoms with Crippen LogP contribution in [0.3, 0.4) is 0 Å². The van der Waals surface area contributed by atoms with Crippen molar-refractivity contribution >= 4 is 21.6 Å². The topological polar surface area (TPSA) is 35.0 Å². The molecule has 1 rings (SSSR count). The van der Waals surface area contributed by atoms with Crippen LogP contribution >= 0.6 is 21.6 Å². The fraction of sp³-hybridized carbons (Fsp3) is 0.600. The van der Waals surface area contributed by atoms with Gasteiger partial charge >= 0.3 is 0 Å². The van der Waals surface area contributed by atoms with Crippen molar-refractivity contribution < 1.29 is 0 Å². The largest absolute Gasteiger partial charge is 0.344 e. The molecule has 1 aliphatic rings. The average Bonchev–Trinajstić information content (AvgIpc) is 1.87. The highest BCUT2D eigenvalue weighted by Crippen LogP contribution is 2.40. The molecule has 0 amide bonds. The predicted octanol–water partition coefficient (Wildman–Crippen LogP) is 2.84. The second-order valence-electron chi connectivity index (χ2n) is 1.66. The molecule has 0 radical (unpaired) electrons. The van der Waals surface area contributed by atoms with Crippen LogP contribution in [0.25, 0.3) is 0 Å². The first-order valence-corrected chi connectivity index (χ1v) is 4.52. The van der Waals surface area contributed by atoms with Crippen LogP contribution in [0.4, 0.5) is 0 Å². The lowest BCUT2D eigenvalue weighted by atomic mass is 10.4. The Morgan fingerprint density at radius 1 is 1.62 bits per heavy atom. The summed E-state index contributed by atoms with van der Waals surface area (Å²) in [4.78, 5) is 1.46. The lowest BCUT2D eigenvalue weighted by Crippen LogP contribution is -1.78. The molecule has 0 saturated carbocycles. The van der Waals surface area contributed by atoms with Crippen LogP contribution in [0.2, 0.25) is 0 Å². The Morgan fingerprint density at radius 2 is 2.25 bits per heavy atom. The Balaban J connectivity index is 0.000000490. The third-order valence-electron chi connectivity index (χ3n) is 0.801. The SMILES string of the molecule is CC1=CC(C)SS1.N. The van der Waals surface area contributed by atoms with Gasteiger partial charge in [0.1, 0.15) is 0 Å². The number of allylic oxidation sites excluding steroid dienone is 1. The zero-order chi connectivity index (χ0) is 5.28. The van der Waals surface area contributed by atoms with Gasteiger partial charge in [-0.1, -0.05) is 27.7 Å². The molecule has 8 heavy (non-hydrogen) atoms. The summed E-state index contributed by atoms with van der Waals surface area (Å²) >= 11 is 0. The van der Waals surface area contributed by atoms with E-state index in [1.807, 2.05) is 21.6 Å². The van der Waals surface area contributed by atoms with E-state index in [0.717, 1.165) is 5.25 Å². The minimum absolute atomic E-state index is 0. The third-order valence-corrected chi connectivity index (χ3v) is 3.72. The van der Waals surface area contributed by atoms with Gasteiger partial charge in [0.05, 0.1) is 0 Å². The van der Waals surface area contributed by atoms with Gasteiger partial charge in [-0.05, 0) is 18.8 Å². The van der Waals surface area contributed by atoms with E-state index in [9.17, 15) is 0 Å². The molecule has 0 spiro atoms. The summed E-state index contributed by atoms with van der Waals surface area (Å²) in [7, 11) is 3.81. The van der Waals surface area contributed by atoms with Crippen LogP contribution in [-0.4, -0.2) is 5.25 Å². The normalized spacial score (nSPS) is 26.8. The molecule has 1 nitrogen and oxygen atoms in total. The monoisotopic (exact) mass is 149 g/mol. The van der Waals surface area contributed by atoms with Crippen LogP contribution in [-0.2, 0) is 0 Å². The molecule has 0 aromatic carbocycles. The van der Waals surface area contributed by atoms with Gasteiger partial charge in [0.15, 0.2) is 0 Å².